The molecule has 0 aliphatic carbocycles. The van der Waals surface area contributed by atoms with Crippen LogP contribution in [0.4, 0.5) is 10.9 Å². The zero-order valence-corrected chi connectivity index (χ0v) is 17.2. The van der Waals surface area contributed by atoms with E-state index in [1.165, 1.54) is 30.6 Å². The van der Waals surface area contributed by atoms with Gasteiger partial charge in [-0.2, -0.15) is 0 Å². The fraction of sp³-hybridized carbons (Fsp3) is 0.409. The van der Waals surface area contributed by atoms with Gasteiger partial charge in [-0.25, -0.2) is 4.98 Å². The Morgan fingerprint density at radius 3 is 2.82 bits per heavy atom. The van der Waals surface area contributed by atoms with Crippen LogP contribution in [0.3, 0.4) is 0 Å². The van der Waals surface area contributed by atoms with Crippen molar-refractivity contribution in [3.8, 4) is 0 Å². The van der Waals surface area contributed by atoms with Gasteiger partial charge in [0.05, 0.1) is 0 Å². The molecule has 4 rings (SSSR count). The van der Waals surface area contributed by atoms with E-state index in [0.717, 1.165) is 41.9 Å². The topological polar surface area (TPSA) is 53.9 Å². The second kappa shape index (κ2) is 9.26. The highest BCUT2D eigenvalue weighted by atomic mass is 32.1. The summed E-state index contributed by atoms with van der Waals surface area (Å²) in [7, 11) is 0. The first kappa shape index (κ1) is 19.0. The first-order valence-electron chi connectivity index (χ1n) is 10.1. The number of hydrogen-bond donors (Lipinski definition) is 1. The van der Waals surface area contributed by atoms with Crippen molar-refractivity contribution in [2.45, 2.75) is 38.5 Å². The first-order valence-corrected chi connectivity index (χ1v) is 10.9. The number of pyridine rings is 1. The second-order valence-corrected chi connectivity index (χ2v) is 8.36. The third-order valence-corrected chi connectivity index (χ3v) is 6.24. The summed E-state index contributed by atoms with van der Waals surface area (Å²) in [5.74, 6) is 1.35. The highest BCUT2D eigenvalue weighted by molar-refractivity contribution is 7.15. The number of nitrogens with zero attached hydrogens (tertiary/aromatic N) is 4. The maximum absolute atomic E-state index is 4.88. The van der Waals surface area contributed by atoms with Crippen molar-refractivity contribution < 1.29 is 0 Å². The SMILES string of the molecule is CCc1nnc(Nc2cccc([C@H]3CCCN(CCc4ccccc4)C3)n2)s1. The molecule has 0 spiro atoms. The molecule has 146 valence electrons. The van der Waals surface area contributed by atoms with E-state index in [2.05, 4.69) is 69.8 Å². The second-order valence-electron chi connectivity index (χ2n) is 7.30. The lowest BCUT2D eigenvalue weighted by molar-refractivity contribution is 0.208. The molecule has 1 aromatic carbocycles. The van der Waals surface area contributed by atoms with E-state index in [1.54, 1.807) is 11.3 Å². The van der Waals surface area contributed by atoms with Gasteiger partial charge >= 0.3 is 0 Å². The third-order valence-electron chi connectivity index (χ3n) is 5.26. The molecule has 1 aliphatic heterocycles. The largest absolute Gasteiger partial charge is 0.315 e. The van der Waals surface area contributed by atoms with E-state index in [-0.39, 0.29) is 0 Å². The molecule has 0 bridgehead atoms. The minimum Gasteiger partial charge on any atom is -0.315 e. The molecule has 5 nitrogen and oxygen atoms in total. The molecule has 3 heterocycles. The van der Waals surface area contributed by atoms with Crippen LogP contribution in [0, 0.1) is 0 Å². The molecule has 6 heteroatoms. The Morgan fingerprint density at radius 2 is 2.00 bits per heavy atom. The first-order chi connectivity index (χ1) is 13.8. The van der Waals surface area contributed by atoms with Gasteiger partial charge in [0.15, 0.2) is 0 Å². The van der Waals surface area contributed by atoms with Crippen molar-refractivity contribution in [1.29, 1.82) is 0 Å². The number of aryl methyl sites for hydroxylation is 1. The van der Waals surface area contributed by atoms with Crippen LogP contribution in [0.15, 0.2) is 48.5 Å². The molecule has 28 heavy (non-hydrogen) atoms. The average molecular weight is 394 g/mol. The van der Waals surface area contributed by atoms with Crippen LogP contribution in [0.25, 0.3) is 0 Å². The van der Waals surface area contributed by atoms with Crippen LogP contribution in [0.1, 0.15) is 41.9 Å². The van der Waals surface area contributed by atoms with Gasteiger partial charge in [-0.3, -0.25) is 0 Å². The average Bonchev–Trinajstić information content (AvgIpc) is 3.21. The quantitative estimate of drug-likeness (QED) is 0.633. The van der Waals surface area contributed by atoms with Gasteiger partial charge in [-0.15, -0.1) is 10.2 Å². The number of hydrogen-bond acceptors (Lipinski definition) is 6. The molecule has 1 fully saturated rings. The van der Waals surface area contributed by atoms with Gasteiger partial charge in [0, 0.05) is 24.7 Å². The molecule has 1 atom stereocenters. The Kier molecular flexibility index (Phi) is 6.29. The van der Waals surface area contributed by atoms with Crippen LogP contribution in [-0.4, -0.2) is 39.7 Å². The Labute approximate surface area is 170 Å². The Hall–Kier alpha value is -2.31. The molecule has 1 saturated heterocycles. The third kappa shape index (κ3) is 4.94. The van der Waals surface area contributed by atoms with Gasteiger partial charge in [0.1, 0.15) is 10.8 Å². The number of nitrogens with one attached hydrogen (secondary N) is 1. The van der Waals surface area contributed by atoms with Gasteiger partial charge in [0.25, 0.3) is 0 Å². The molecular formula is C22H27N5S. The predicted molar refractivity (Wildman–Crippen MR) is 115 cm³/mol. The van der Waals surface area contributed by atoms with Crippen LogP contribution < -0.4 is 5.32 Å². The molecule has 3 aromatic rings. The zero-order valence-electron chi connectivity index (χ0n) is 16.3. The number of piperidine rings is 1. The lowest BCUT2D eigenvalue weighted by Gasteiger charge is -2.32. The summed E-state index contributed by atoms with van der Waals surface area (Å²) < 4.78 is 0. The number of anilines is 2. The summed E-state index contributed by atoms with van der Waals surface area (Å²) in [6, 6.07) is 17.0. The van der Waals surface area contributed by atoms with E-state index < -0.39 is 0 Å². The van der Waals surface area contributed by atoms with E-state index in [4.69, 9.17) is 4.98 Å². The highest BCUT2D eigenvalue weighted by Gasteiger charge is 2.22. The predicted octanol–water partition coefficient (Wildman–Crippen LogP) is 4.66. The Bertz CT molecular complexity index is 879. The molecule has 1 N–H and O–H groups in total. The molecule has 0 unspecified atom stereocenters. The summed E-state index contributed by atoms with van der Waals surface area (Å²) >= 11 is 1.59. The van der Waals surface area contributed by atoms with Gasteiger partial charge < -0.3 is 10.2 Å². The molecule has 1 aliphatic rings. The van der Waals surface area contributed by atoms with Crippen molar-refractivity contribution in [2.75, 3.05) is 25.0 Å². The van der Waals surface area contributed by atoms with Crippen molar-refractivity contribution in [2.24, 2.45) is 0 Å². The zero-order chi connectivity index (χ0) is 19.2. The van der Waals surface area contributed by atoms with E-state index in [9.17, 15) is 0 Å². The fourth-order valence-electron chi connectivity index (χ4n) is 3.74. The number of rotatable bonds is 7. The smallest absolute Gasteiger partial charge is 0.211 e. The van der Waals surface area contributed by atoms with Crippen molar-refractivity contribution >= 4 is 22.3 Å². The maximum atomic E-state index is 4.88. The summed E-state index contributed by atoms with van der Waals surface area (Å²) in [4.78, 5) is 7.47. The molecule has 0 amide bonds. The van der Waals surface area contributed by atoms with E-state index in [0.29, 0.717) is 5.92 Å². The number of benzene rings is 1. The summed E-state index contributed by atoms with van der Waals surface area (Å²) in [5.41, 5.74) is 2.59. The summed E-state index contributed by atoms with van der Waals surface area (Å²) in [5, 5.41) is 13.5. The molecule has 2 aromatic heterocycles. The normalized spacial score (nSPS) is 17.5. The Balaban J connectivity index is 1.37. The minimum absolute atomic E-state index is 0.492. The van der Waals surface area contributed by atoms with Crippen molar-refractivity contribution in [3.63, 3.8) is 0 Å². The fourth-order valence-corrected chi connectivity index (χ4v) is 4.42. The van der Waals surface area contributed by atoms with Crippen LogP contribution in [0.2, 0.25) is 0 Å². The lowest BCUT2D eigenvalue weighted by Crippen LogP contribution is -2.36. The lowest BCUT2D eigenvalue weighted by atomic mass is 9.94. The van der Waals surface area contributed by atoms with E-state index in [1.807, 2.05) is 6.07 Å². The molecule has 0 radical (unpaired) electrons. The molecule has 0 saturated carbocycles. The number of likely N-dealkylation sites (tertiary alicyclic amines) is 1. The van der Waals surface area contributed by atoms with Gasteiger partial charge in [0.2, 0.25) is 5.13 Å². The van der Waals surface area contributed by atoms with Gasteiger partial charge in [-0.1, -0.05) is 54.7 Å². The minimum atomic E-state index is 0.492. The maximum Gasteiger partial charge on any atom is 0.211 e. The van der Waals surface area contributed by atoms with Crippen LogP contribution in [0.5, 0.6) is 0 Å². The standard InChI is InChI=1S/C22H27N5S/c1-2-21-25-26-22(28-21)24-20-12-6-11-19(23-20)18-10-7-14-27(16-18)15-13-17-8-4-3-5-9-17/h3-6,8-9,11-12,18H,2,7,10,13-16H2,1H3,(H,23,24,26)/t18-/m0/s1. The summed E-state index contributed by atoms with van der Waals surface area (Å²) in [6.07, 6.45) is 4.46. The Morgan fingerprint density at radius 1 is 1.11 bits per heavy atom. The van der Waals surface area contributed by atoms with Crippen molar-refractivity contribution in [3.05, 3.63) is 64.8 Å². The van der Waals surface area contributed by atoms with Crippen LogP contribution in [-0.2, 0) is 12.8 Å². The highest BCUT2D eigenvalue weighted by Crippen LogP contribution is 2.27. The number of aromatic nitrogens is 3. The van der Waals surface area contributed by atoms with Crippen molar-refractivity contribution in [1.82, 2.24) is 20.1 Å². The molecular weight excluding hydrogens is 366 g/mol. The van der Waals surface area contributed by atoms with Gasteiger partial charge in [-0.05, 0) is 49.9 Å². The van der Waals surface area contributed by atoms with Crippen LogP contribution >= 0.6 is 11.3 Å². The monoisotopic (exact) mass is 393 g/mol. The summed E-state index contributed by atoms with van der Waals surface area (Å²) in [6.45, 7) is 5.48. The van der Waals surface area contributed by atoms with E-state index >= 15 is 0 Å².